The number of rotatable bonds is 4. The number of nitrogens with zero attached hydrogens (tertiary/aromatic N) is 2. The summed E-state index contributed by atoms with van der Waals surface area (Å²) in [6.45, 7) is 6.71. The number of likely N-dealkylation sites (tertiary alicyclic amines) is 1. The van der Waals surface area contributed by atoms with E-state index >= 15 is 0 Å². The highest BCUT2D eigenvalue weighted by atomic mass is 16.6. The molecule has 2 atom stereocenters. The van der Waals surface area contributed by atoms with Crippen LogP contribution in [0.5, 0.6) is 5.75 Å². The van der Waals surface area contributed by atoms with Gasteiger partial charge in [-0.3, -0.25) is 0 Å². The summed E-state index contributed by atoms with van der Waals surface area (Å²) in [5.41, 5.74) is 2.14. The monoisotopic (exact) mass is 372 g/mol. The fourth-order valence-corrected chi connectivity index (χ4v) is 3.89. The van der Waals surface area contributed by atoms with Crippen LogP contribution in [0.25, 0.3) is 0 Å². The van der Waals surface area contributed by atoms with Gasteiger partial charge in [-0.15, -0.1) is 0 Å². The number of carbonyl (C=O) groups is 1. The molecule has 2 unspecified atom stereocenters. The molecule has 2 aliphatic rings. The standard InChI is InChI=1S/C21H28N2O4/c1-21(2,3)27-20(25)23-8-4-5-16(23)13-26-19-7-6-15-9-14(12-24)10-17(15)18(19)11-22/h6-7,14,16,24H,4-5,8-10,12-13H2,1-3H3. The molecule has 1 N–H and O–H groups in total. The number of hydrogen-bond acceptors (Lipinski definition) is 5. The zero-order valence-corrected chi connectivity index (χ0v) is 16.3. The van der Waals surface area contributed by atoms with E-state index in [1.165, 1.54) is 0 Å². The molecule has 0 saturated carbocycles. The fraction of sp³-hybridized carbons (Fsp3) is 0.619. The van der Waals surface area contributed by atoms with Gasteiger partial charge in [0.05, 0.1) is 11.6 Å². The Bertz CT molecular complexity index is 748. The van der Waals surface area contributed by atoms with Crippen LogP contribution in [0.15, 0.2) is 12.1 Å². The van der Waals surface area contributed by atoms with E-state index in [1.54, 1.807) is 4.90 Å². The Labute approximate surface area is 160 Å². The summed E-state index contributed by atoms with van der Waals surface area (Å²) in [6.07, 6.45) is 2.98. The molecule has 1 fully saturated rings. The number of amides is 1. The molecule has 146 valence electrons. The van der Waals surface area contributed by atoms with Crippen LogP contribution in [-0.4, -0.2) is 47.5 Å². The van der Waals surface area contributed by atoms with Gasteiger partial charge in [-0.05, 0) is 69.6 Å². The summed E-state index contributed by atoms with van der Waals surface area (Å²) in [5, 5.41) is 19.0. The summed E-state index contributed by atoms with van der Waals surface area (Å²) in [4.78, 5) is 14.1. The van der Waals surface area contributed by atoms with Gasteiger partial charge in [-0.1, -0.05) is 6.07 Å². The second kappa shape index (κ2) is 7.77. The Morgan fingerprint density at radius 3 is 2.81 bits per heavy atom. The van der Waals surface area contributed by atoms with Crippen molar-refractivity contribution in [2.75, 3.05) is 19.8 Å². The summed E-state index contributed by atoms with van der Waals surface area (Å²) in [5.74, 6) is 0.741. The van der Waals surface area contributed by atoms with Crippen molar-refractivity contribution in [1.29, 1.82) is 5.26 Å². The van der Waals surface area contributed by atoms with Crippen molar-refractivity contribution in [3.63, 3.8) is 0 Å². The Balaban J connectivity index is 1.68. The van der Waals surface area contributed by atoms with Gasteiger partial charge >= 0.3 is 6.09 Å². The van der Waals surface area contributed by atoms with Crippen molar-refractivity contribution in [2.24, 2.45) is 5.92 Å². The molecule has 27 heavy (non-hydrogen) atoms. The first-order chi connectivity index (χ1) is 12.8. The summed E-state index contributed by atoms with van der Waals surface area (Å²) >= 11 is 0. The van der Waals surface area contributed by atoms with Gasteiger partial charge in [-0.25, -0.2) is 4.79 Å². The molecule has 3 rings (SSSR count). The smallest absolute Gasteiger partial charge is 0.410 e. The number of benzene rings is 1. The van der Waals surface area contributed by atoms with Crippen LogP contribution in [0, 0.1) is 17.2 Å². The lowest BCUT2D eigenvalue weighted by molar-refractivity contribution is 0.0187. The van der Waals surface area contributed by atoms with Gasteiger partial charge in [-0.2, -0.15) is 5.26 Å². The second-order valence-electron chi connectivity index (χ2n) is 8.43. The van der Waals surface area contributed by atoms with E-state index in [1.807, 2.05) is 32.9 Å². The minimum atomic E-state index is -0.526. The lowest BCUT2D eigenvalue weighted by atomic mass is 10.0. The molecule has 6 heteroatoms. The van der Waals surface area contributed by atoms with Gasteiger partial charge in [0.25, 0.3) is 0 Å². The molecule has 0 aromatic heterocycles. The summed E-state index contributed by atoms with van der Waals surface area (Å²) in [6, 6.07) is 6.04. The van der Waals surface area contributed by atoms with Crippen molar-refractivity contribution in [3.8, 4) is 11.8 Å². The van der Waals surface area contributed by atoms with Crippen LogP contribution < -0.4 is 4.74 Å². The van der Waals surface area contributed by atoms with Gasteiger partial charge in [0.15, 0.2) is 0 Å². The van der Waals surface area contributed by atoms with Gasteiger partial charge in [0.2, 0.25) is 0 Å². The maximum Gasteiger partial charge on any atom is 0.410 e. The predicted octanol–water partition coefficient (Wildman–Crippen LogP) is 3.04. The predicted molar refractivity (Wildman–Crippen MR) is 101 cm³/mol. The number of ether oxygens (including phenoxy) is 2. The van der Waals surface area contributed by atoms with Crippen LogP contribution in [0.1, 0.15) is 50.3 Å². The first-order valence-electron chi connectivity index (χ1n) is 9.60. The Kier molecular flexibility index (Phi) is 5.61. The van der Waals surface area contributed by atoms with E-state index in [4.69, 9.17) is 9.47 Å². The Morgan fingerprint density at radius 1 is 1.37 bits per heavy atom. The molecule has 1 aromatic carbocycles. The normalized spacial score (nSPS) is 21.7. The first-order valence-corrected chi connectivity index (χ1v) is 9.60. The van der Waals surface area contributed by atoms with E-state index in [0.29, 0.717) is 30.9 Å². The van der Waals surface area contributed by atoms with Crippen LogP contribution in [0.3, 0.4) is 0 Å². The maximum atomic E-state index is 12.4. The van der Waals surface area contributed by atoms with Crippen molar-refractivity contribution in [3.05, 3.63) is 28.8 Å². The zero-order valence-electron chi connectivity index (χ0n) is 16.3. The average molecular weight is 372 g/mol. The third-order valence-electron chi connectivity index (χ3n) is 5.18. The van der Waals surface area contributed by atoms with Gasteiger partial charge in [0.1, 0.15) is 24.0 Å². The minimum Gasteiger partial charge on any atom is -0.490 e. The number of hydrogen-bond donors (Lipinski definition) is 1. The molecule has 1 aromatic rings. The SMILES string of the molecule is CC(C)(C)OC(=O)N1CCCC1COc1ccc2c(c1C#N)CC(CO)C2. The lowest BCUT2D eigenvalue weighted by Gasteiger charge is -2.28. The molecule has 1 amide bonds. The summed E-state index contributed by atoms with van der Waals surface area (Å²) in [7, 11) is 0. The molecular formula is C21H28N2O4. The van der Waals surface area contributed by atoms with E-state index in [2.05, 4.69) is 6.07 Å². The van der Waals surface area contributed by atoms with E-state index in [-0.39, 0.29) is 24.7 Å². The highest BCUT2D eigenvalue weighted by molar-refractivity contribution is 5.69. The minimum absolute atomic E-state index is 0.0511. The number of fused-ring (bicyclic) bond motifs is 1. The second-order valence-corrected chi connectivity index (χ2v) is 8.43. The van der Waals surface area contributed by atoms with Crippen LogP contribution in [-0.2, 0) is 17.6 Å². The summed E-state index contributed by atoms with van der Waals surface area (Å²) < 4.78 is 11.5. The quantitative estimate of drug-likeness (QED) is 0.878. The van der Waals surface area contributed by atoms with Crippen LogP contribution in [0.2, 0.25) is 0 Å². The number of aliphatic hydroxyl groups excluding tert-OH is 1. The Hall–Kier alpha value is -2.26. The van der Waals surface area contributed by atoms with Crippen LogP contribution in [0.4, 0.5) is 4.79 Å². The zero-order chi connectivity index (χ0) is 19.6. The van der Waals surface area contributed by atoms with E-state index < -0.39 is 5.60 Å². The number of carbonyl (C=O) groups excluding carboxylic acids is 1. The molecule has 6 nitrogen and oxygen atoms in total. The number of aliphatic hydroxyl groups is 1. The van der Waals surface area contributed by atoms with Crippen molar-refractivity contribution < 1.29 is 19.4 Å². The third-order valence-corrected chi connectivity index (χ3v) is 5.18. The average Bonchev–Trinajstić information content (AvgIpc) is 3.24. The molecule has 1 heterocycles. The van der Waals surface area contributed by atoms with Crippen LogP contribution >= 0.6 is 0 Å². The molecular weight excluding hydrogens is 344 g/mol. The van der Waals surface area contributed by atoms with Crippen molar-refractivity contribution in [1.82, 2.24) is 4.90 Å². The molecule has 1 aliphatic heterocycles. The highest BCUT2D eigenvalue weighted by Crippen LogP contribution is 2.34. The van der Waals surface area contributed by atoms with Crippen molar-refractivity contribution in [2.45, 2.75) is 58.1 Å². The maximum absolute atomic E-state index is 12.4. The topological polar surface area (TPSA) is 82.8 Å². The molecule has 1 saturated heterocycles. The molecule has 0 bridgehead atoms. The van der Waals surface area contributed by atoms with Gasteiger partial charge < -0.3 is 19.5 Å². The van der Waals surface area contributed by atoms with Crippen molar-refractivity contribution >= 4 is 6.09 Å². The van der Waals surface area contributed by atoms with Gasteiger partial charge in [0, 0.05) is 13.2 Å². The van der Waals surface area contributed by atoms with E-state index in [0.717, 1.165) is 30.4 Å². The third kappa shape index (κ3) is 4.36. The largest absolute Gasteiger partial charge is 0.490 e. The molecule has 0 spiro atoms. The number of nitriles is 1. The van der Waals surface area contributed by atoms with E-state index in [9.17, 15) is 15.2 Å². The fourth-order valence-electron chi connectivity index (χ4n) is 3.89. The molecule has 0 radical (unpaired) electrons. The lowest BCUT2D eigenvalue weighted by Crippen LogP contribution is -2.42. The molecule has 1 aliphatic carbocycles. The highest BCUT2D eigenvalue weighted by Gasteiger charge is 2.33. The Morgan fingerprint density at radius 2 is 2.15 bits per heavy atom. The first kappa shape index (κ1) is 19.5.